The Morgan fingerprint density at radius 2 is 2.36 bits per heavy atom. The molecule has 0 aliphatic rings. The number of carbonyl (C=O) groups excluding carboxylic acids is 1. The van der Waals surface area contributed by atoms with Crippen molar-refractivity contribution in [2.45, 2.75) is 0 Å². The Morgan fingerprint density at radius 1 is 1.64 bits per heavy atom. The standard InChI is InChI=1S/C10H7ClFNO/c1-2-5-13-10(14)8-4-3-7(12)6-9(8)11/h1,3-4,6H,5H2,(H,13,14). The molecule has 1 N–H and O–H groups in total. The Labute approximate surface area is 86.1 Å². The highest BCUT2D eigenvalue weighted by Gasteiger charge is 2.09. The highest BCUT2D eigenvalue weighted by molar-refractivity contribution is 6.33. The number of hydrogen-bond acceptors (Lipinski definition) is 1. The van der Waals surface area contributed by atoms with Gasteiger partial charge in [-0.05, 0) is 18.2 Å². The van der Waals surface area contributed by atoms with Gasteiger partial charge in [0.05, 0.1) is 17.1 Å². The molecule has 1 rings (SSSR count). The third-order valence-corrected chi connectivity index (χ3v) is 1.84. The molecule has 0 aromatic heterocycles. The molecule has 0 aliphatic heterocycles. The van der Waals surface area contributed by atoms with E-state index in [0.29, 0.717) is 0 Å². The molecule has 0 aliphatic carbocycles. The van der Waals surface area contributed by atoms with Crippen LogP contribution in [0.1, 0.15) is 10.4 Å². The normalized spacial score (nSPS) is 9.21. The van der Waals surface area contributed by atoms with Crippen molar-refractivity contribution >= 4 is 17.5 Å². The summed E-state index contributed by atoms with van der Waals surface area (Å²) >= 11 is 5.65. The van der Waals surface area contributed by atoms with Crippen molar-refractivity contribution in [2.75, 3.05) is 6.54 Å². The van der Waals surface area contributed by atoms with E-state index in [1.54, 1.807) is 0 Å². The fourth-order valence-corrected chi connectivity index (χ4v) is 1.15. The maximum Gasteiger partial charge on any atom is 0.253 e. The number of nitrogens with one attached hydrogen (secondary N) is 1. The maximum atomic E-state index is 12.6. The number of amides is 1. The number of terminal acetylenes is 1. The van der Waals surface area contributed by atoms with E-state index in [4.69, 9.17) is 18.0 Å². The molecule has 0 bridgehead atoms. The van der Waals surface area contributed by atoms with Crippen molar-refractivity contribution in [1.82, 2.24) is 5.32 Å². The molecular formula is C10H7ClFNO. The van der Waals surface area contributed by atoms with E-state index in [9.17, 15) is 9.18 Å². The van der Waals surface area contributed by atoms with E-state index in [1.165, 1.54) is 6.07 Å². The first kappa shape index (κ1) is 10.6. The zero-order valence-corrected chi connectivity index (χ0v) is 7.94. The van der Waals surface area contributed by atoms with Gasteiger partial charge in [-0.15, -0.1) is 6.42 Å². The van der Waals surface area contributed by atoms with Crippen LogP contribution in [0.2, 0.25) is 5.02 Å². The molecule has 0 saturated carbocycles. The number of hydrogen-bond donors (Lipinski definition) is 1. The van der Waals surface area contributed by atoms with Gasteiger partial charge in [0.2, 0.25) is 0 Å². The zero-order chi connectivity index (χ0) is 10.6. The summed E-state index contributed by atoms with van der Waals surface area (Å²) in [6, 6.07) is 3.55. The molecule has 0 heterocycles. The molecule has 1 aromatic rings. The summed E-state index contributed by atoms with van der Waals surface area (Å²) in [5, 5.41) is 2.50. The maximum absolute atomic E-state index is 12.6. The summed E-state index contributed by atoms with van der Waals surface area (Å²) in [6.45, 7) is 0.118. The van der Waals surface area contributed by atoms with Gasteiger partial charge in [-0.2, -0.15) is 0 Å². The first-order valence-corrected chi connectivity index (χ1v) is 4.19. The molecule has 0 fully saturated rings. The van der Waals surface area contributed by atoms with Gasteiger partial charge in [-0.3, -0.25) is 4.79 Å². The molecular weight excluding hydrogens is 205 g/mol. The van der Waals surface area contributed by atoms with Gasteiger partial charge in [-0.25, -0.2) is 4.39 Å². The Bertz CT molecular complexity index is 398. The molecule has 72 valence electrons. The van der Waals surface area contributed by atoms with Crippen LogP contribution in [0.25, 0.3) is 0 Å². The zero-order valence-electron chi connectivity index (χ0n) is 7.18. The monoisotopic (exact) mass is 211 g/mol. The molecule has 4 heteroatoms. The van der Waals surface area contributed by atoms with Crippen LogP contribution in [0.3, 0.4) is 0 Å². The minimum absolute atomic E-state index is 0.0690. The van der Waals surface area contributed by atoms with E-state index >= 15 is 0 Å². The molecule has 14 heavy (non-hydrogen) atoms. The fourth-order valence-electron chi connectivity index (χ4n) is 0.900. The van der Waals surface area contributed by atoms with Crippen LogP contribution in [0.15, 0.2) is 18.2 Å². The number of rotatable bonds is 2. The average Bonchev–Trinajstić information content (AvgIpc) is 2.14. The Morgan fingerprint density at radius 3 is 2.93 bits per heavy atom. The van der Waals surface area contributed by atoms with Gasteiger partial charge in [-0.1, -0.05) is 17.5 Å². The van der Waals surface area contributed by atoms with Crippen LogP contribution in [-0.2, 0) is 0 Å². The lowest BCUT2D eigenvalue weighted by Crippen LogP contribution is -2.23. The van der Waals surface area contributed by atoms with E-state index < -0.39 is 11.7 Å². The lowest BCUT2D eigenvalue weighted by molar-refractivity contribution is 0.0959. The predicted molar refractivity (Wildman–Crippen MR) is 52.6 cm³/mol. The van der Waals surface area contributed by atoms with Gasteiger partial charge in [0.15, 0.2) is 0 Å². The summed E-state index contributed by atoms with van der Waals surface area (Å²) in [5.74, 6) is 1.36. The van der Waals surface area contributed by atoms with Crippen LogP contribution in [0, 0.1) is 18.2 Å². The Balaban J connectivity index is 2.86. The largest absolute Gasteiger partial charge is 0.341 e. The van der Waals surface area contributed by atoms with E-state index in [1.807, 2.05) is 0 Å². The van der Waals surface area contributed by atoms with Crippen LogP contribution < -0.4 is 5.32 Å². The SMILES string of the molecule is C#CCNC(=O)c1ccc(F)cc1Cl. The van der Waals surface area contributed by atoms with Gasteiger partial charge in [0, 0.05) is 0 Å². The van der Waals surface area contributed by atoms with Gasteiger partial charge in [0.25, 0.3) is 5.91 Å². The van der Waals surface area contributed by atoms with Crippen molar-refractivity contribution in [3.05, 3.63) is 34.6 Å². The van der Waals surface area contributed by atoms with Crippen molar-refractivity contribution in [3.8, 4) is 12.3 Å². The molecule has 1 amide bonds. The van der Waals surface area contributed by atoms with Crippen LogP contribution >= 0.6 is 11.6 Å². The second kappa shape index (κ2) is 4.64. The molecule has 2 nitrogen and oxygen atoms in total. The number of halogens is 2. The summed E-state index contributed by atoms with van der Waals surface area (Å²) in [6.07, 6.45) is 4.96. The third-order valence-electron chi connectivity index (χ3n) is 1.53. The topological polar surface area (TPSA) is 29.1 Å². The molecule has 0 saturated heterocycles. The lowest BCUT2D eigenvalue weighted by Gasteiger charge is -2.03. The lowest BCUT2D eigenvalue weighted by atomic mass is 10.2. The van der Waals surface area contributed by atoms with Crippen molar-refractivity contribution in [2.24, 2.45) is 0 Å². The first-order valence-electron chi connectivity index (χ1n) is 3.82. The fraction of sp³-hybridized carbons (Fsp3) is 0.100. The van der Waals surface area contributed by atoms with Gasteiger partial charge < -0.3 is 5.32 Å². The summed E-state index contributed by atoms with van der Waals surface area (Å²) < 4.78 is 12.6. The van der Waals surface area contributed by atoms with E-state index in [-0.39, 0.29) is 17.1 Å². The first-order chi connectivity index (χ1) is 6.65. The smallest absolute Gasteiger partial charge is 0.253 e. The summed E-state index contributed by atoms with van der Waals surface area (Å²) in [7, 11) is 0. The number of benzene rings is 1. The minimum atomic E-state index is -0.483. The van der Waals surface area contributed by atoms with Gasteiger partial charge in [0.1, 0.15) is 5.82 Å². The number of carbonyl (C=O) groups is 1. The summed E-state index contributed by atoms with van der Waals surface area (Å²) in [5.41, 5.74) is 0.211. The van der Waals surface area contributed by atoms with Crippen LogP contribution in [-0.4, -0.2) is 12.5 Å². The molecule has 0 atom stereocenters. The molecule has 0 radical (unpaired) electrons. The second-order valence-corrected chi connectivity index (χ2v) is 2.92. The van der Waals surface area contributed by atoms with Crippen LogP contribution in [0.5, 0.6) is 0 Å². The highest BCUT2D eigenvalue weighted by atomic mass is 35.5. The average molecular weight is 212 g/mol. The molecule has 0 spiro atoms. The van der Waals surface area contributed by atoms with Crippen molar-refractivity contribution in [1.29, 1.82) is 0 Å². The van der Waals surface area contributed by atoms with E-state index in [2.05, 4.69) is 11.2 Å². The highest BCUT2D eigenvalue weighted by Crippen LogP contribution is 2.16. The van der Waals surface area contributed by atoms with Crippen molar-refractivity contribution in [3.63, 3.8) is 0 Å². The third kappa shape index (κ3) is 2.48. The quantitative estimate of drug-likeness (QED) is 0.744. The molecule has 1 aromatic carbocycles. The molecule has 0 unspecified atom stereocenters. The van der Waals surface area contributed by atoms with E-state index in [0.717, 1.165) is 12.1 Å². The predicted octanol–water partition coefficient (Wildman–Crippen LogP) is 1.84. The Hall–Kier alpha value is -1.53. The van der Waals surface area contributed by atoms with Crippen LogP contribution in [0.4, 0.5) is 4.39 Å². The van der Waals surface area contributed by atoms with Crippen molar-refractivity contribution < 1.29 is 9.18 Å². The minimum Gasteiger partial charge on any atom is -0.341 e. The summed E-state index contributed by atoms with van der Waals surface area (Å²) in [4.78, 5) is 11.3. The second-order valence-electron chi connectivity index (χ2n) is 2.51. The Kier molecular flexibility index (Phi) is 3.49. The van der Waals surface area contributed by atoms with Gasteiger partial charge >= 0.3 is 0 Å².